The third-order valence-electron chi connectivity index (χ3n) is 8.91. The monoisotopic (exact) mass is 715 g/mol. The molecule has 2 aliphatic rings. The minimum absolute atomic E-state index is 0. The second kappa shape index (κ2) is 13.5. The molecule has 0 fully saturated rings. The molecule has 0 saturated carbocycles. The first-order valence-electron chi connectivity index (χ1n) is 15.5. The molecule has 0 radical (unpaired) electrons. The number of nitrogen functional groups attached to an aromatic ring is 1. The molecule has 51 heavy (non-hydrogen) atoms. The minimum atomic E-state index is -1.31. The van der Waals surface area contributed by atoms with Gasteiger partial charge >= 0.3 is 11.7 Å². The number of aryl methyl sites for hydroxylation is 1. The highest BCUT2D eigenvalue weighted by molar-refractivity contribution is 5.96. The number of carboxylic acid groups (broad SMARTS) is 1. The van der Waals surface area contributed by atoms with Crippen LogP contribution in [0.2, 0.25) is 0 Å². The van der Waals surface area contributed by atoms with Crippen LogP contribution in [0.15, 0.2) is 72.2 Å². The summed E-state index contributed by atoms with van der Waals surface area (Å²) in [4.78, 5) is 78.3. The summed E-state index contributed by atoms with van der Waals surface area (Å²) in [6.45, 7) is 1.82. The summed E-state index contributed by atoms with van der Waals surface area (Å²) in [5.74, 6) is -2.18. The van der Waals surface area contributed by atoms with E-state index >= 15 is 0 Å². The molecule has 6 aromatic rings. The number of nitrogens with one attached hydrogen (secondary N) is 3. The van der Waals surface area contributed by atoms with Gasteiger partial charge in [0.05, 0.1) is 6.04 Å². The number of rotatable bonds is 6. The van der Waals surface area contributed by atoms with Gasteiger partial charge in [-0.1, -0.05) is 35.5 Å². The Hall–Kier alpha value is -6.33. The Kier molecular flexibility index (Phi) is 9.16. The Labute approximate surface area is 292 Å². The van der Waals surface area contributed by atoms with E-state index in [0.29, 0.717) is 49.6 Å². The van der Waals surface area contributed by atoms with Crippen LogP contribution in [0.3, 0.4) is 0 Å². The minimum Gasteiger partial charge on any atom is -0.477 e. The lowest BCUT2D eigenvalue weighted by molar-refractivity contribution is 0.0687. The van der Waals surface area contributed by atoms with Gasteiger partial charge in [0.25, 0.3) is 22.3 Å². The Balaban J connectivity index is 0.000000192. The lowest BCUT2D eigenvalue weighted by Crippen LogP contribution is -2.44. The number of halogens is 1. The predicted octanol–water partition coefficient (Wildman–Crippen LogP) is 0.789. The normalized spacial score (nSPS) is 14.7. The molecule has 4 heterocycles. The zero-order valence-corrected chi connectivity index (χ0v) is 27.4. The van der Waals surface area contributed by atoms with Crippen molar-refractivity contribution in [1.82, 2.24) is 30.1 Å². The number of carbonyl (C=O) groups is 2. The van der Waals surface area contributed by atoms with Crippen molar-refractivity contribution in [2.75, 3.05) is 17.2 Å². The molecule has 0 saturated heterocycles. The highest BCUT2D eigenvalue weighted by Gasteiger charge is 2.28. The smallest absolute Gasteiger partial charge is 0.439 e. The first-order chi connectivity index (χ1) is 24.0. The summed E-state index contributed by atoms with van der Waals surface area (Å²) in [7, 11) is 0. The largest absolute Gasteiger partial charge is 0.477 e. The molecular weight excluding hydrogens is 686 g/mol. The number of nitrogens with zero attached hydrogens (tertiary/aromatic N) is 4. The molecule has 262 valence electrons. The van der Waals surface area contributed by atoms with E-state index in [-0.39, 0.29) is 41.2 Å². The van der Waals surface area contributed by atoms with E-state index in [1.807, 2.05) is 23.1 Å². The second-order valence-corrected chi connectivity index (χ2v) is 12.0. The van der Waals surface area contributed by atoms with E-state index in [1.54, 1.807) is 6.07 Å². The average Bonchev–Trinajstić information content (AvgIpc) is 3.84. The number of carboxylic acids is 1. The summed E-state index contributed by atoms with van der Waals surface area (Å²) in [5, 5.41) is 18.3. The van der Waals surface area contributed by atoms with Gasteiger partial charge in [-0.2, -0.15) is 0 Å². The number of benzene rings is 2. The van der Waals surface area contributed by atoms with Crippen molar-refractivity contribution in [1.29, 1.82) is 0 Å². The van der Waals surface area contributed by atoms with E-state index < -0.39 is 34.0 Å². The molecule has 8 N–H and O–H groups in total. The number of anilines is 2. The van der Waals surface area contributed by atoms with Gasteiger partial charge in [-0.3, -0.25) is 33.8 Å². The van der Waals surface area contributed by atoms with Crippen LogP contribution in [0.4, 0.5) is 11.4 Å². The number of amides is 1. The number of hydrogen-bond donors (Lipinski definition) is 6. The van der Waals surface area contributed by atoms with Gasteiger partial charge < -0.3 is 26.8 Å². The maximum atomic E-state index is 12.8. The predicted molar refractivity (Wildman–Crippen MR) is 186 cm³/mol. The Bertz CT molecular complexity index is 2520. The second-order valence-electron chi connectivity index (χ2n) is 12.0. The van der Waals surface area contributed by atoms with Crippen LogP contribution in [0.5, 0.6) is 0 Å². The zero-order valence-electron chi connectivity index (χ0n) is 26.6. The quantitative estimate of drug-likeness (QED) is 0.130. The van der Waals surface area contributed by atoms with Crippen molar-refractivity contribution in [3.8, 4) is 11.4 Å². The molecule has 0 unspecified atom stereocenters. The van der Waals surface area contributed by atoms with E-state index in [2.05, 4.69) is 42.2 Å². The SMILES string of the molecule is Cl.NCc1ccc2c(c1)CN(c1c(N)c(=O)c1=O)CC2.O=C(N[C@H]1CCc2cc(-c3noc(=O)[nH]3)ccc21)c1cc(C(=O)O)n2[nH]c(=O)cc2n1. The molecule has 1 atom stereocenters. The number of aromatic amines is 2. The molecule has 1 amide bonds. The summed E-state index contributed by atoms with van der Waals surface area (Å²) >= 11 is 0. The molecular formula is C33H30ClN9O8. The molecule has 8 rings (SSSR count). The van der Waals surface area contributed by atoms with Gasteiger partial charge in [-0.15, -0.1) is 12.4 Å². The molecule has 1 aliphatic heterocycles. The van der Waals surface area contributed by atoms with Crippen molar-refractivity contribution in [3.63, 3.8) is 0 Å². The standard InChI is InChI=1S/C19H14N6O6.C14H15N3O2.ClH/c26-15-7-14-20-12(6-13(18(28)29)25(14)23-15)17(27)21-11-4-2-8-5-9(1-3-10(8)11)16-22-19(30)31-24-16;15-6-8-1-2-9-3-4-17(7-10(9)5-8)12-11(16)13(18)14(12)19;/h1,3,5-7,11H,2,4H2,(H,21,27)(H,23,26)(H,28,29)(H,22,24,30);1-2,5H,3-4,6-7,15-16H2;1H/t11-;;/m0../s1. The van der Waals surface area contributed by atoms with Crippen LogP contribution in [-0.4, -0.2) is 48.3 Å². The Morgan fingerprint density at radius 2 is 1.80 bits per heavy atom. The van der Waals surface area contributed by atoms with Gasteiger partial charge in [-0.25, -0.2) is 19.1 Å². The number of carbonyl (C=O) groups excluding carboxylic acids is 1. The lowest BCUT2D eigenvalue weighted by atomic mass is 9.96. The molecule has 3 aromatic heterocycles. The molecule has 17 nitrogen and oxygen atoms in total. The van der Waals surface area contributed by atoms with Gasteiger partial charge in [-0.05, 0) is 53.1 Å². The van der Waals surface area contributed by atoms with Crippen LogP contribution in [0.25, 0.3) is 17.0 Å². The van der Waals surface area contributed by atoms with Gasteiger partial charge in [0.15, 0.2) is 17.2 Å². The number of nitrogens with two attached hydrogens (primary N) is 2. The van der Waals surface area contributed by atoms with Crippen molar-refractivity contribution < 1.29 is 19.2 Å². The number of fused-ring (bicyclic) bond motifs is 3. The van der Waals surface area contributed by atoms with Crippen molar-refractivity contribution in [2.24, 2.45) is 5.73 Å². The fourth-order valence-corrected chi connectivity index (χ4v) is 6.41. The number of hydrogen-bond acceptors (Lipinski definition) is 12. The fourth-order valence-electron chi connectivity index (χ4n) is 6.41. The average molecular weight is 716 g/mol. The number of H-pyrrole nitrogens is 2. The maximum Gasteiger partial charge on any atom is 0.439 e. The van der Waals surface area contributed by atoms with Crippen molar-refractivity contribution >= 4 is 41.3 Å². The summed E-state index contributed by atoms with van der Waals surface area (Å²) in [5.41, 5.74) is 15.9. The first-order valence-corrected chi connectivity index (χ1v) is 15.5. The molecule has 0 bridgehead atoms. The highest BCUT2D eigenvalue weighted by Crippen LogP contribution is 2.34. The van der Waals surface area contributed by atoms with Crippen molar-refractivity contribution in [2.45, 2.75) is 38.4 Å². The highest BCUT2D eigenvalue weighted by atomic mass is 35.5. The van der Waals surface area contributed by atoms with Gasteiger partial charge in [0.1, 0.15) is 17.1 Å². The van der Waals surface area contributed by atoms with Crippen molar-refractivity contribution in [3.05, 3.63) is 129 Å². The van der Waals surface area contributed by atoms with E-state index in [4.69, 9.17) is 11.5 Å². The molecule has 3 aromatic carbocycles. The van der Waals surface area contributed by atoms with Gasteiger partial charge in [0.2, 0.25) is 0 Å². The fraction of sp³-hybridized carbons (Fsp3) is 0.212. The Morgan fingerprint density at radius 3 is 2.51 bits per heavy atom. The molecule has 1 aliphatic carbocycles. The lowest BCUT2D eigenvalue weighted by Gasteiger charge is -2.31. The Morgan fingerprint density at radius 1 is 1.00 bits per heavy atom. The first kappa shape index (κ1) is 34.5. The molecule has 0 spiro atoms. The maximum absolute atomic E-state index is 12.8. The zero-order chi connectivity index (χ0) is 35.3. The number of aromatic carboxylic acids is 1. The van der Waals surface area contributed by atoms with Gasteiger partial charge in [0, 0.05) is 37.3 Å². The topological polar surface area (TPSA) is 265 Å². The van der Waals surface area contributed by atoms with Crippen LogP contribution in [0, 0.1) is 0 Å². The number of aromatic nitrogens is 5. The third kappa shape index (κ3) is 6.42. The summed E-state index contributed by atoms with van der Waals surface area (Å²) in [6.07, 6.45) is 2.17. The molecule has 18 heteroatoms. The van der Waals surface area contributed by atoms with Crippen LogP contribution in [-0.2, 0) is 25.9 Å². The summed E-state index contributed by atoms with van der Waals surface area (Å²) < 4.78 is 5.55. The van der Waals surface area contributed by atoms with Crippen LogP contribution >= 0.6 is 12.4 Å². The van der Waals surface area contributed by atoms with Crippen LogP contribution < -0.4 is 43.9 Å². The third-order valence-corrected chi connectivity index (χ3v) is 8.91. The van der Waals surface area contributed by atoms with E-state index in [1.165, 1.54) is 5.56 Å². The summed E-state index contributed by atoms with van der Waals surface area (Å²) in [6, 6.07) is 13.6. The van der Waals surface area contributed by atoms with E-state index in [0.717, 1.165) is 45.3 Å². The van der Waals surface area contributed by atoms with E-state index in [9.17, 15) is 33.9 Å². The van der Waals surface area contributed by atoms with Crippen LogP contribution in [0.1, 0.15) is 61.3 Å².